The minimum Gasteiger partial charge on any atom is -0.497 e. The summed E-state index contributed by atoms with van der Waals surface area (Å²) in [6.45, 7) is 27.2. The van der Waals surface area contributed by atoms with Crippen LogP contribution in [0.2, 0.25) is 36.3 Å². The zero-order chi connectivity index (χ0) is 79.7. The number of ether oxygens (including phenoxy) is 5. The third-order valence-corrected chi connectivity index (χ3v) is 31.1. The van der Waals surface area contributed by atoms with E-state index in [2.05, 4.69) is 52.2 Å². The predicted octanol–water partition coefficient (Wildman–Crippen LogP) is 15.7. The quantitative estimate of drug-likeness (QED) is 0.0195. The molecular formula is C83H110F5N5O13Si2. The smallest absolute Gasteiger partial charge is 0.263 e. The molecule has 6 amide bonds. The van der Waals surface area contributed by atoms with Crippen LogP contribution in [0.25, 0.3) is 0 Å². The van der Waals surface area contributed by atoms with E-state index in [9.17, 15) is 50.7 Å². The van der Waals surface area contributed by atoms with Crippen molar-refractivity contribution in [1.82, 2.24) is 15.5 Å². The number of rotatable bonds is 29. The SMILES string of the molecule is CC[Si](CC)(CC)O[C@@]1(C)C(=O)N(C(=O)c2ccccc2)[C@H]1[C@H](C)F.CC[Si](CC)(CC)O[C@@]1(C)C(=O)N[C@H]1[C@H](C)F.COc1ccc(N2C(=O)[C@H](OCc3ccccc3)[C@@H]2[C@H](C)F)cc1.COc1ccc(N2C(=O)[C@](C)(OCc3ccccc3)[C@@H]2[C@H](C)F)cc1.C[C@H](F)[C@@H]1NC(=O)[C@]1(C)OCc1ccccc1. The second kappa shape index (κ2) is 38.0. The number of amides is 6. The molecule has 5 aliphatic rings. The monoisotopic (exact) mass is 1540 g/mol. The molecule has 15 atom stereocenters. The second-order valence-electron chi connectivity index (χ2n) is 28.7. The molecule has 18 nitrogen and oxygen atoms in total. The van der Waals surface area contributed by atoms with Gasteiger partial charge < -0.3 is 53.0 Å². The molecule has 0 unspecified atom stereocenters. The Kier molecular flexibility index (Phi) is 30.6. The number of anilines is 2. The molecule has 0 radical (unpaired) electrons. The van der Waals surface area contributed by atoms with E-state index >= 15 is 0 Å². The molecule has 0 saturated carbocycles. The van der Waals surface area contributed by atoms with E-state index in [0.717, 1.165) is 57.9 Å². The minimum absolute atomic E-state index is 0.167. The Hall–Kier alpha value is -8.18. The highest BCUT2D eigenvalue weighted by Crippen LogP contribution is 2.45. The van der Waals surface area contributed by atoms with E-state index in [1.807, 2.05) is 91.0 Å². The normalized spacial score (nSPS) is 25.5. The highest BCUT2D eigenvalue weighted by Gasteiger charge is 2.66. The van der Waals surface area contributed by atoms with Crippen molar-refractivity contribution in [2.75, 3.05) is 24.0 Å². The van der Waals surface area contributed by atoms with Crippen LogP contribution in [0.3, 0.4) is 0 Å². The van der Waals surface area contributed by atoms with Gasteiger partial charge in [0.1, 0.15) is 60.5 Å². The van der Waals surface area contributed by atoms with Crippen LogP contribution < -0.4 is 29.9 Å². The van der Waals surface area contributed by atoms with Gasteiger partial charge >= 0.3 is 0 Å². The number of methoxy groups -OCH3 is 2. The number of carbonyl (C=O) groups is 6. The Morgan fingerprint density at radius 3 is 1.16 bits per heavy atom. The van der Waals surface area contributed by atoms with Gasteiger partial charge in [-0.15, -0.1) is 0 Å². The Balaban J connectivity index is 0.000000190. The van der Waals surface area contributed by atoms with Crippen LogP contribution in [-0.2, 0) is 66.9 Å². The fraction of sp³-hybridized carbons (Fsp3) is 0.494. The summed E-state index contributed by atoms with van der Waals surface area (Å²) in [5.74, 6) is -0.380. The summed E-state index contributed by atoms with van der Waals surface area (Å²) in [5, 5.41) is 5.14. The first-order valence-corrected chi connectivity index (χ1v) is 42.4. The number of alkyl halides is 5. The summed E-state index contributed by atoms with van der Waals surface area (Å²) in [6.07, 6.45) is -6.71. The Morgan fingerprint density at radius 1 is 0.435 bits per heavy atom. The van der Waals surface area contributed by atoms with Crippen molar-refractivity contribution < 1.29 is 83.3 Å². The standard InChI is InChI=1S/C20H22FNO3.C19H28FNO3Si.C19H20FNO3.C13H16FNO2.C12H24FNO2Si/c1-14(21)18-20(2,25-13-15-7-5-4-6-8-15)19(23)22(18)16-9-11-17(24-3)12-10-16;1-6-25(7-2,8-3)24-19(5)16(14(4)20)21(18(19)23)17(22)15-12-10-9-11-13-15;1-13(20)17-18(24-12-14-6-4-3-5-7-14)19(22)21(17)15-8-10-16(23-2)11-9-15;1-9(14)11-13(2,12(16)15-11)17-8-10-6-4-3-5-7-10;1-6-17(7-2,8-3)16-12(5)10(9(4)13)14-11(12)15/h4-12,14,18H,13H2,1-3H3;9-14,16H,6-8H2,1-5H3;3-11,13,17-18H,12H2,1-2H3;3-7,9,11H,8H2,1-2H3,(H,15,16);9-10H,6-8H2,1-5H3,(H,14,15)/t14-,18-,20+;14-,16-,19+;13-,17-,18+;9-,11-,13+;9-,10-,12+/m00000/s1. The summed E-state index contributed by atoms with van der Waals surface area (Å²) in [6, 6.07) is 53.4. The first-order chi connectivity index (χ1) is 51.2. The largest absolute Gasteiger partial charge is 0.497 e. The van der Waals surface area contributed by atoms with Gasteiger partial charge in [0.05, 0.1) is 46.1 Å². The molecule has 5 saturated heterocycles. The van der Waals surface area contributed by atoms with Gasteiger partial charge in [0.25, 0.3) is 35.4 Å². The van der Waals surface area contributed by atoms with Crippen molar-refractivity contribution in [1.29, 1.82) is 0 Å². The van der Waals surface area contributed by atoms with Crippen LogP contribution in [0.5, 0.6) is 11.5 Å². The number of likely N-dealkylation sites (tertiary alicyclic amines) is 1. The lowest BCUT2D eigenvalue weighted by atomic mass is 9.80. The first kappa shape index (κ1) is 87.1. The van der Waals surface area contributed by atoms with Crippen LogP contribution >= 0.6 is 0 Å². The van der Waals surface area contributed by atoms with Crippen LogP contribution in [0.15, 0.2) is 170 Å². The van der Waals surface area contributed by atoms with Gasteiger partial charge in [-0.3, -0.25) is 33.7 Å². The summed E-state index contributed by atoms with van der Waals surface area (Å²) >= 11 is 0. The maximum absolute atomic E-state index is 14.4. The van der Waals surface area contributed by atoms with E-state index in [4.69, 9.17) is 32.5 Å². The number of hydrogen-bond acceptors (Lipinski definition) is 13. The number of hydrogen-bond donors (Lipinski definition) is 2. The molecule has 5 aliphatic heterocycles. The Labute approximate surface area is 636 Å². The summed E-state index contributed by atoms with van der Waals surface area (Å²) in [7, 11) is -0.853. The van der Waals surface area contributed by atoms with E-state index < -0.39 is 118 Å². The van der Waals surface area contributed by atoms with Gasteiger partial charge in [-0.1, -0.05) is 151 Å². The summed E-state index contributed by atoms with van der Waals surface area (Å²) in [4.78, 5) is 78.0. The average molecular weight is 1540 g/mol. The van der Waals surface area contributed by atoms with Gasteiger partial charge in [-0.2, -0.15) is 0 Å². The van der Waals surface area contributed by atoms with E-state index in [1.165, 1.54) is 44.4 Å². The fourth-order valence-corrected chi connectivity index (χ4v) is 20.6. The molecule has 25 heteroatoms. The molecule has 6 aromatic rings. The highest BCUT2D eigenvalue weighted by atomic mass is 28.4. The lowest BCUT2D eigenvalue weighted by Gasteiger charge is -2.56. The van der Waals surface area contributed by atoms with Crippen LogP contribution in [0, 0.1) is 0 Å². The van der Waals surface area contributed by atoms with Crippen molar-refractivity contribution >= 4 is 63.5 Å². The summed E-state index contributed by atoms with van der Waals surface area (Å²) in [5.41, 5.74) is 0.106. The number of nitrogens with one attached hydrogen (secondary N) is 2. The predicted molar refractivity (Wildman–Crippen MR) is 414 cm³/mol. The first-order valence-electron chi connectivity index (χ1n) is 37.4. The number of halogens is 5. The third kappa shape index (κ3) is 19.2. The molecular weight excluding hydrogens is 1430 g/mol. The molecule has 0 spiro atoms. The maximum Gasteiger partial charge on any atom is 0.263 e. The molecule has 588 valence electrons. The average Bonchev–Trinajstić information content (AvgIpc) is 0.718. The molecule has 6 aromatic carbocycles. The zero-order valence-electron chi connectivity index (χ0n) is 65.4. The minimum atomic E-state index is -2.12. The van der Waals surface area contributed by atoms with Crippen LogP contribution in [0.1, 0.15) is 131 Å². The zero-order valence-corrected chi connectivity index (χ0v) is 67.4. The molecule has 5 fully saturated rings. The maximum atomic E-state index is 14.4. The molecule has 11 rings (SSSR count). The molecule has 0 bridgehead atoms. The number of nitrogens with zero attached hydrogens (tertiary/aromatic N) is 3. The van der Waals surface area contributed by atoms with Crippen LogP contribution in [-0.4, -0.2) is 161 Å². The van der Waals surface area contributed by atoms with Gasteiger partial charge in [0.15, 0.2) is 45.1 Å². The third-order valence-electron chi connectivity index (χ3n) is 21.7. The van der Waals surface area contributed by atoms with Gasteiger partial charge in [-0.25, -0.2) is 22.0 Å². The van der Waals surface area contributed by atoms with Crippen molar-refractivity contribution in [3.8, 4) is 11.5 Å². The lowest BCUT2D eigenvalue weighted by molar-refractivity contribution is -0.182. The Morgan fingerprint density at radius 2 is 0.796 bits per heavy atom. The van der Waals surface area contributed by atoms with Gasteiger partial charge in [-0.05, 0) is 176 Å². The molecule has 5 heterocycles. The molecule has 2 N–H and O–H groups in total. The van der Waals surface area contributed by atoms with Crippen LogP contribution in [0.4, 0.5) is 33.3 Å². The number of benzene rings is 6. The fourth-order valence-electron chi connectivity index (χ4n) is 14.5. The lowest BCUT2D eigenvalue weighted by Crippen LogP contribution is -2.79. The summed E-state index contributed by atoms with van der Waals surface area (Å²) < 4.78 is 109. The highest BCUT2D eigenvalue weighted by molar-refractivity contribution is 6.74. The second-order valence-corrected chi connectivity index (χ2v) is 38.1. The van der Waals surface area contributed by atoms with Crippen molar-refractivity contribution in [3.63, 3.8) is 0 Å². The molecule has 0 aliphatic carbocycles. The van der Waals surface area contributed by atoms with Gasteiger partial charge in [0.2, 0.25) is 0 Å². The molecule has 108 heavy (non-hydrogen) atoms. The van der Waals surface area contributed by atoms with Gasteiger partial charge in [0, 0.05) is 16.9 Å². The Bertz CT molecular complexity index is 3880. The number of imide groups is 1. The molecule has 0 aromatic heterocycles. The van der Waals surface area contributed by atoms with Crippen molar-refractivity contribution in [2.24, 2.45) is 0 Å². The van der Waals surface area contributed by atoms with E-state index in [1.54, 1.807) is 121 Å². The topological polar surface area (TPSA) is 201 Å². The number of carbonyl (C=O) groups excluding carboxylic acids is 6. The van der Waals surface area contributed by atoms with E-state index in [-0.39, 0.29) is 36.8 Å². The van der Waals surface area contributed by atoms with Crippen molar-refractivity contribution in [2.45, 2.75) is 250 Å². The van der Waals surface area contributed by atoms with Crippen molar-refractivity contribution in [3.05, 3.63) is 192 Å². The van der Waals surface area contributed by atoms with E-state index in [0.29, 0.717) is 35.0 Å². The number of β-lactam (4-membered cyclic amide) rings is 5.